The minimum Gasteiger partial charge on any atom is -0.475 e. The average molecular weight is 220 g/mol. The summed E-state index contributed by atoms with van der Waals surface area (Å²) in [6.07, 6.45) is 2.13. The summed E-state index contributed by atoms with van der Waals surface area (Å²) in [5.74, 6) is -1.39. The number of aromatic carboxylic acids is 1. The van der Waals surface area contributed by atoms with Crippen LogP contribution in [0.1, 0.15) is 34.9 Å². The molecule has 1 aliphatic rings. The first kappa shape index (κ1) is 9.39. The number of carboxylic acid groups (broad SMARTS) is 1. The van der Waals surface area contributed by atoms with E-state index >= 15 is 0 Å². The molecule has 3 rings (SSSR count). The van der Waals surface area contributed by atoms with Crippen LogP contribution in [0, 0.1) is 5.82 Å². The van der Waals surface area contributed by atoms with E-state index in [4.69, 9.17) is 9.52 Å². The van der Waals surface area contributed by atoms with Crippen molar-refractivity contribution < 1.29 is 18.7 Å². The molecule has 82 valence electrons. The Morgan fingerprint density at radius 2 is 2.12 bits per heavy atom. The summed E-state index contributed by atoms with van der Waals surface area (Å²) in [5, 5.41) is 8.99. The molecule has 2 aromatic rings. The van der Waals surface area contributed by atoms with Crippen molar-refractivity contribution in [3.05, 3.63) is 35.3 Å². The molecule has 0 bridgehead atoms. The monoisotopic (exact) mass is 220 g/mol. The molecule has 0 amide bonds. The van der Waals surface area contributed by atoms with Crippen molar-refractivity contribution >= 4 is 16.9 Å². The summed E-state index contributed by atoms with van der Waals surface area (Å²) in [7, 11) is 0. The van der Waals surface area contributed by atoms with Gasteiger partial charge in [0.05, 0.1) is 5.39 Å². The third-order valence-electron chi connectivity index (χ3n) is 2.87. The summed E-state index contributed by atoms with van der Waals surface area (Å²) in [5.41, 5.74) is 1.22. The number of fused-ring (bicyclic) bond motifs is 1. The standard InChI is InChI=1S/C12H9FO3/c13-9-3-7(6-1-2-6)4-10-8(9)5-11(16-10)12(14)15/h3-6H,1-2H2,(H,14,15). The Morgan fingerprint density at radius 3 is 2.75 bits per heavy atom. The van der Waals surface area contributed by atoms with E-state index in [9.17, 15) is 9.18 Å². The number of benzene rings is 1. The molecule has 0 saturated heterocycles. The molecule has 1 aromatic heterocycles. The molecule has 1 N–H and O–H groups in total. The summed E-state index contributed by atoms with van der Waals surface area (Å²) in [6.45, 7) is 0. The van der Waals surface area contributed by atoms with Gasteiger partial charge in [0.15, 0.2) is 0 Å². The Kier molecular flexibility index (Phi) is 1.80. The predicted molar refractivity (Wildman–Crippen MR) is 55.1 cm³/mol. The third-order valence-corrected chi connectivity index (χ3v) is 2.87. The number of rotatable bonds is 2. The van der Waals surface area contributed by atoms with Crippen molar-refractivity contribution in [2.75, 3.05) is 0 Å². The molecule has 1 aromatic carbocycles. The van der Waals surface area contributed by atoms with Crippen LogP contribution in [0.25, 0.3) is 11.0 Å². The van der Waals surface area contributed by atoms with Gasteiger partial charge in [-0.3, -0.25) is 0 Å². The lowest BCUT2D eigenvalue weighted by molar-refractivity contribution is 0.0665. The molecular formula is C12H9FO3. The van der Waals surface area contributed by atoms with Crippen LogP contribution in [0.15, 0.2) is 22.6 Å². The van der Waals surface area contributed by atoms with Gasteiger partial charge in [0.2, 0.25) is 5.76 Å². The van der Waals surface area contributed by atoms with Gasteiger partial charge in [-0.05, 0) is 36.5 Å². The second-order valence-corrected chi connectivity index (χ2v) is 4.10. The molecule has 0 radical (unpaired) electrons. The first-order valence-corrected chi connectivity index (χ1v) is 5.11. The number of furan rings is 1. The fourth-order valence-electron chi connectivity index (χ4n) is 1.87. The van der Waals surface area contributed by atoms with E-state index in [1.807, 2.05) is 0 Å². The lowest BCUT2D eigenvalue weighted by atomic mass is 10.1. The topological polar surface area (TPSA) is 50.4 Å². The molecule has 1 fully saturated rings. The molecule has 16 heavy (non-hydrogen) atoms. The summed E-state index contributed by atoms with van der Waals surface area (Å²) >= 11 is 0. The maximum atomic E-state index is 13.7. The average Bonchev–Trinajstić information content (AvgIpc) is 2.97. The van der Waals surface area contributed by atoms with Crippen molar-refractivity contribution in [1.29, 1.82) is 0 Å². The highest BCUT2D eigenvalue weighted by atomic mass is 19.1. The summed E-state index contributed by atoms with van der Waals surface area (Å²) in [6, 6.07) is 4.44. The Morgan fingerprint density at radius 1 is 1.38 bits per heavy atom. The van der Waals surface area contributed by atoms with Crippen molar-refractivity contribution in [3.8, 4) is 0 Å². The van der Waals surface area contributed by atoms with Gasteiger partial charge in [-0.1, -0.05) is 0 Å². The lowest BCUT2D eigenvalue weighted by Gasteiger charge is -1.98. The molecule has 0 unspecified atom stereocenters. The minimum atomic E-state index is -1.18. The predicted octanol–water partition coefficient (Wildman–Crippen LogP) is 3.15. The van der Waals surface area contributed by atoms with Gasteiger partial charge in [-0.15, -0.1) is 0 Å². The molecule has 1 aliphatic carbocycles. The van der Waals surface area contributed by atoms with Gasteiger partial charge in [0.25, 0.3) is 0 Å². The van der Waals surface area contributed by atoms with Gasteiger partial charge < -0.3 is 9.52 Å². The maximum Gasteiger partial charge on any atom is 0.371 e. The van der Waals surface area contributed by atoms with Crippen molar-refractivity contribution in [1.82, 2.24) is 0 Å². The molecule has 4 heteroatoms. The van der Waals surface area contributed by atoms with E-state index in [0.717, 1.165) is 18.4 Å². The first-order valence-electron chi connectivity index (χ1n) is 5.11. The smallest absolute Gasteiger partial charge is 0.371 e. The van der Waals surface area contributed by atoms with Crippen LogP contribution in [0.2, 0.25) is 0 Å². The highest BCUT2D eigenvalue weighted by Crippen LogP contribution is 2.41. The van der Waals surface area contributed by atoms with E-state index in [0.29, 0.717) is 11.5 Å². The Bertz CT molecular complexity index is 581. The van der Waals surface area contributed by atoms with Gasteiger partial charge in [-0.2, -0.15) is 0 Å². The van der Waals surface area contributed by atoms with Crippen LogP contribution in [0.4, 0.5) is 4.39 Å². The van der Waals surface area contributed by atoms with Crippen molar-refractivity contribution in [2.45, 2.75) is 18.8 Å². The Hall–Kier alpha value is -1.84. The maximum absolute atomic E-state index is 13.7. The first-order chi connectivity index (χ1) is 7.65. The number of hydrogen-bond acceptors (Lipinski definition) is 2. The zero-order valence-corrected chi connectivity index (χ0v) is 8.37. The van der Waals surface area contributed by atoms with Crippen LogP contribution in [-0.4, -0.2) is 11.1 Å². The van der Waals surface area contributed by atoms with Gasteiger partial charge >= 0.3 is 5.97 Å². The summed E-state index contributed by atoms with van der Waals surface area (Å²) in [4.78, 5) is 10.7. The van der Waals surface area contributed by atoms with E-state index in [-0.39, 0.29) is 11.1 Å². The van der Waals surface area contributed by atoms with Crippen LogP contribution in [0.5, 0.6) is 0 Å². The second kappa shape index (κ2) is 3.07. The quantitative estimate of drug-likeness (QED) is 0.845. The molecule has 0 aliphatic heterocycles. The minimum absolute atomic E-state index is 0.221. The van der Waals surface area contributed by atoms with Gasteiger partial charge in [-0.25, -0.2) is 9.18 Å². The normalized spacial score (nSPS) is 15.6. The van der Waals surface area contributed by atoms with E-state index in [1.165, 1.54) is 12.1 Å². The van der Waals surface area contributed by atoms with E-state index < -0.39 is 11.8 Å². The fourth-order valence-corrected chi connectivity index (χ4v) is 1.87. The Labute approximate surface area is 90.5 Å². The summed E-state index contributed by atoms with van der Waals surface area (Å²) < 4.78 is 18.7. The molecule has 1 saturated carbocycles. The molecule has 0 spiro atoms. The van der Waals surface area contributed by atoms with Gasteiger partial charge in [0, 0.05) is 6.07 Å². The number of halogens is 1. The zero-order valence-electron chi connectivity index (χ0n) is 8.37. The van der Waals surface area contributed by atoms with Crippen LogP contribution in [-0.2, 0) is 0 Å². The highest BCUT2D eigenvalue weighted by molar-refractivity contribution is 5.91. The Balaban J connectivity index is 2.21. The fraction of sp³-hybridized carbons (Fsp3) is 0.250. The highest BCUT2D eigenvalue weighted by Gasteiger charge is 2.25. The molecule has 1 heterocycles. The number of carboxylic acids is 1. The lowest BCUT2D eigenvalue weighted by Crippen LogP contribution is -1.91. The van der Waals surface area contributed by atoms with E-state index in [2.05, 4.69) is 0 Å². The van der Waals surface area contributed by atoms with Crippen molar-refractivity contribution in [3.63, 3.8) is 0 Å². The third kappa shape index (κ3) is 1.38. The molecular weight excluding hydrogens is 211 g/mol. The largest absolute Gasteiger partial charge is 0.475 e. The SMILES string of the molecule is O=C(O)c1cc2c(F)cc(C3CC3)cc2o1. The van der Waals surface area contributed by atoms with E-state index in [1.54, 1.807) is 6.07 Å². The molecule has 3 nitrogen and oxygen atoms in total. The number of hydrogen-bond donors (Lipinski definition) is 1. The van der Waals surface area contributed by atoms with Crippen LogP contribution < -0.4 is 0 Å². The zero-order chi connectivity index (χ0) is 11.3. The van der Waals surface area contributed by atoms with Crippen molar-refractivity contribution in [2.24, 2.45) is 0 Å². The second-order valence-electron chi connectivity index (χ2n) is 4.10. The van der Waals surface area contributed by atoms with Crippen LogP contribution >= 0.6 is 0 Å². The molecule has 0 atom stereocenters. The number of carbonyl (C=O) groups is 1. The van der Waals surface area contributed by atoms with Crippen LogP contribution in [0.3, 0.4) is 0 Å². The van der Waals surface area contributed by atoms with Gasteiger partial charge in [0.1, 0.15) is 11.4 Å².